The number of carbonyl (C=O) groups is 1. The van der Waals surface area contributed by atoms with Gasteiger partial charge in [0.25, 0.3) is 0 Å². The molecule has 0 radical (unpaired) electrons. The van der Waals surface area contributed by atoms with E-state index in [1.807, 2.05) is 18.3 Å². The first-order valence-electron chi connectivity index (χ1n) is 8.41. The molecule has 2 N–H and O–H groups in total. The Labute approximate surface area is 132 Å². The second-order valence-corrected chi connectivity index (χ2v) is 6.47. The average Bonchev–Trinajstić information content (AvgIpc) is 3.03. The summed E-state index contributed by atoms with van der Waals surface area (Å²) in [6, 6.07) is 6.52. The molecule has 0 spiro atoms. The van der Waals surface area contributed by atoms with Crippen molar-refractivity contribution < 1.29 is 4.79 Å². The first kappa shape index (κ1) is 15.4. The van der Waals surface area contributed by atoms with Gasteiger partial charge in [-0.3, -0.25) is 14.7 Å². The standard InChI is InChI=1S/C17H26N4O/c18-17(22)16-6-2-4-10-21(16)15-8-12-20(13-15)11-7-14-5-1-3-9-19-14/h1,3,5,9,15-16H,2,4,6-8,10-13H2,(H2,18,22)/t15-,16?/m0/s1. The minimum atomic E-state index is -0.147. The normalized spacial score (nSPS) is 27.1. The van der Waals surface area contributed by atoms with E-state index in [1.165, 1.54) is 6.42 Å². The summed E-state index contributed by atoms with van der Waals surface area (Å²) in [7, 11) is 0. The minimum Gasteiger partial charge on any atom is -0.368 e. The lowest BCUT2D eigenvalue weighted by molar-refractivity contribution is -0.125. The molecule has 2 fully saturated rings. The van der Waals surface area contributed by atoms with Crippen LogP contribution in [0.15, 0.2) is 24.4 Å². The molecule has 0 bridgehead atoms. The highest BCUT2D eigenvalue weighted by Crippen LogP contribution is 2.24. The second kappa shape index (κ2) is 7.20. The molecule has 0 aliphatic carbocycles. The van der Waals surface area contributed by atoms with Crippen LogP contribution < -0.4 is 5.73 Å². The van der Waals surface area contributed by atoms with Gasteiger partial charge in [-0.1, -0.05) is 12.5 Å². The Kier molecular flexibility index (Phi) is 5.05. The molecule has 3 heterocycles. The van der Waals surface area contributed by atoms with Crippen molar-refractivity contribution in [2.75, 3.05) is 26.2 Å². The van der Waals surface area contributed by atoms with Crippen molar-refractivity contribution in [3.63, 3.8) is 0 Å². The average molecular weight is 302 g/mol. The number of aromatic nitrogens is 1. The topological polar surface area (TPSA) is 62.5 Å². The summed E-state index contributed by atoms with van der Waals surface area (Å²) in [5, 5.41) is 0. The van der Waals surface area contributed by atoms with Crippen LogP contribution in [0.3, 0.4) is 0 Å². The van der Waals surface area contributed by atoms with Gasteiger partial charge in [-0.05, 0) is 44.5 Å². The summed E-state index contributed by atoms with van der Waals surface area (Å²) in [6.45, 7) is 4.23. The molecule has 1 amide bonds. The van der Waals surface area contributed by atoms with E-state index in [0.717, 1.165) is 57.6 Å². The molecule has 0 saturated carbocycles. The molecular weight excluding hydrogens is 276 g/mol. The number of primary amides is 1. The predicted molar refractivity (Wildman–Crippen MR) is 86.3 cm³/mol. The molecule has 5 heteroatoms. The summed E-state index contributed by atoms with van der Waals surface area (Å²) in [5.74, 6) is -0.147. The van der Waals surface area contributed by atoms with Crippen LogP contribution in [0, 0.1) is 0 Å². The highest BCUT2D eigenvalue weighted by atomic mass is 16.1. The van der Waals surface area contributed by atoms with Gasteiger partial charge in [-0.15, -0.1) is 0 Å². The molecule has 1 aromatic heterocycles. The zero-order chi connectivity index (χ0) is 15.4. The van der Waals surface area contributed by atoms with Crippen LogP contribution in [0.4, 0.5) is 0 Å². The Bertz CT molecular complexity index is 493. The predicted octanol–water partition coefficient (Wildman–Crippen LogP) is 1.04. The van der Waals surface area contributed by atoms with Crippen molar-refractivity contribution in [3.05, 3.63) is 30.1 Å². The van der Waals surface area contributed by atoms with Crippen molar-refractivity contribution in [1.29, 1.82) is 0 Å². The first-order chi connectivity index (χ1) is 10.7. The summed E-state index contributed by atoms with van der Waals surface area (Å²) < 4.78 is 0. The molecule has 2 aliphatic rings. The zero-order valence-corrected chi connectivity index (χ0v) is 13.2. The third-order valence-electron chi connectivity index (χ3n) is 5.00. The van der Waals surface area contributed by atoms with Crippen molar-refractivity contribution in [1.82, 2.24) is 14.8 Å². The summed E-state index contributed by atoms with van der Waals surface area (Å²) >= 11 is 0. The number of nitrogens with zero attached hydrogens (tertiary/aromatic N) is 3. The van der Waals surface area contributed by atoms with E-state index < -0.39 is 0 Å². The highest BCUT2D eigenvalue weighted by Gasteiger charge is 2.35. The minimum absolute atomic E-state index is 0.0468. The van der Waals surface area contributed by atoms with E-state index in [-0.39, 0.29) is 11.9 Å². The fourth-order valence-electron chi connectivity index (χ4n) is 3.80. The van der Waals surface area contributed by atoms with Gasteiger partial charge in [0.2, 0.25) is 5.91 Å². The number of pyridine rings is 1. The maximum atomic E-state index is 11.7. The second-order valence-electron chi connectivity index (χ2n) is 6.47. The molecule has 0 aromatic carbocycles. The van der Waals surface area contributed by atoms with E-state index in [0.29, 0.717) is 6.04 Å². The lowest BCUT2D eigenvalue weighted by atomic mass is 9.99. The third kappa shape index (κ3) is 3.65. The van der Waals surface area contributed by atoms with Gasteiger partial charge in [-0.2, -0.15) is 0 Å². The van der Waals surface area contributed by atoms with E-state index in [1.54, 1.807) is 0 Å². The summed E-state index contributed by atoms with van der Waals surface area (Å²) in [4.78, 5) is 20.9. The highest BCUT2D eigenvalue weighted by molar-refractivity contribution is 5.80. The van der Waals surface area contributed by atoms with Crippen LogP contribution in [0.2, 0.25) is 0 Å². The van der Waals surface area contributed by atoms with E-state index in [2.05, 4.69) is 20.9 Å². The molecule has 2 atom stereocenters. The van der Waals surface area contributed by atoms with E-state index in [4.69, 9.17) is 5.73 Å². The van der Waals surface area contributed by atoms with Gasteiger partial charge in [0, 0.05) is 37.4 Å². The Balaban J connectivity index is 1.52. The maximum absolute atomic E-state index is 11.7. The Morgan fingerprint density at radius 2 is 2.18 bits per heavy atom. The largest absolute Gasteiger partial charge is 0.368 e. The maximum Gasteiger partial charge on any atom is 0.234 e. The van der Waals surface area contributed by atoms with Crippen LogP contribution >= 0.6 is 0 Å². The molecule has 2 saturated heterocycles. The van der Waals surface area contributed by atoms with Gasteiger partial charge >= 0.3 is 0 Å². The number of likely N-dealkylation sites (tertiary alicyclic amines) is 2. The van der Waals surface area contributed by atoms with E-state index >= 15 is 0 Å². The van der Waals surface area contributed by atoms with Crippen molar-refractivity contribution in [3.8, 4) is 0 Å². The van der Waals surface area contributed by atoms with Crippen molar-refractivity contribution in [2.24, 2.45) is 5.73 Å². The number of amides is 1. The Hall–Kier alpha value is -1.46. The van der Waals surface area contributed by atoms with Gasteiger partial charge in [0.1, 0.15) is 0 Å². The number of piperidine rings is 1. The lowest BCUT2D eigenvalue weighted by Gasteiger charge is -2.38. The number of hydrogen-bond acceptors (Lipinski definition) is 4. The number of carbonyl (C=O) groups excluding carboxylic acids is 1. The molecule has 22 heavy (non-hydrogen) atoms. The van der Waals surface area contributed by atoms with Crippen molar-refractivity contribution in [2.45, 2.75) is 44.2 Å². The Morgan fingerprint density at radius 1 is 1.27 bits per heavy atom. The molecule has 3 rings (SSSR count). The number of hydrogen-bond donors (Lipinski definition) is 1. The molecular formula is C17H26N4O. The molecule has 5 nitrogen and oxygen atoms in total. The Morgan fingerprint density at radius 3 is 2.95 bits per heavy atom. The van der Waals surface area contributed by atoms with Crippen LogP contribution in [-0.2, 0) is 11.2 Å². The summed E-state index contributed by atoms with van der Waals surface area (Å²) in [6.07, 6.45) is 7.24. The quantitative estimate of drug-likeness (QED) is 0.883. The van der Waals surface area contributed by atoms with Crippen LogP contribution in [0.25, 0.3) is 0 Å². The fourth-order valence-corrected chi connectivity index (χ4v) is 3.80. The van der Waals surface area contributed by atoms with Gasteiger partial charge in [-0.25, -0.2) is 0 Å². The fraction of sp³-hybridized carbons (Fsp3) is 0.647. The number of nitrogens with two attached hydrogens (primary N) is 1. The molecule has 2 aliphatic heterocycles. The molecule has 120 valence electrons. The monoisotopic (exact) mass is 302 g/mol. The molecule has 1 aromatic rings. The van der Waals surface area contributed by atoms with Crippen LogP contribution in [-0.4, -0.2) is 59.0 Å². The van der Waals surface area contributed by atoms with Crippen LogP contribution in [0.5, 0.6) is 0 Å². The van der Waals surface area contributed by atoms with E-state index in [9.17, 15) is 4.79 Å². The lowest BCUT2D eigenvalue weighted by Crippen LogP contribution is -2.53. The zero-order valence-electron chi connectivity index (χ0n) is 13.2. The molecule has 1 unspecified atom stereocenters. The first-order valence-corrected chi connectivity index (χ1v) is 8.41. The van der Waals surface area contributed by atoms with Gasteiger partial charge < -0.3 is 10.6 Å². The van der Waals surface area contributed by atoms with Crippen LogP contribution in [0.1, 0.15) is 31.4 Å². The SMILES string of the molecule is NC(=O)C1CCCCN1[C@H]1CCN(CCc2ccccn2)C1. The van der Waals surface area contributed by atoms with Crippen molar-refractivity contribution >= 4 is 5.91 Å². The summed E-state index contributed by atoms with van der Waals surface area (Å²) in [5.41, 5.74) is 6.74. The third-order valence-corrected chi connectivity index (χ3v) is 5.00. The smallest absolute Gasteiger partial charge is 0.234 e. The van der Waals surface area contributed by atoms with Gasteiger partial charge in [0.05, 0.1) is 6.04 Å². The number of rotatable bonds is 5. The van der Waals surface area contributed by atoms with Gasteiger partial charge in [0.15, 0.2) is 0 Å².